The highest BCUT2D eigenvalue weighted by Crippen LogP contribution is 2.12. The van der Waals surface area contributed by atoms with Gasteiger partial charge in [-0.3, -0.25) is 4.99 Å². The van der Waals surface area contributed by atoms with Crippen molar-refractivity contribution in [1.29, 1.82) is 0 Å². The van der Waals surface area contributed by atoms with Crippen molar-refractivity contribution in [3.63, 3.8) is 0 Å². The Kier molecular flexibility index (Phi) is 6.64. The van der Waals surface area contributed by atoms with Crippen LogP contribution in [0.1, 0.15) is 29.7 Å². The fourth-order valence-electron chi connectivity index (χ4n) is 2.45. The fourth-order valence-corrected chi connectivity index (χ4v) is 3.18. The molecule has 1 aromatic rings. The van der Waals surface area contributed by atoms with Crippen LogP contribution in [-0.2, 0) is 11.3 Å². The molecule has 1 saturated heterocycles. The lowest BCUT2D eigenvalue weighted by molar-refractivity contribution is 0.0963. The van der Waals surface area contributed by atoms with Crippen LogP contribution in [0.4, 0.5) is 4.79 Å². The minimum atomic E-state index is -0.215. The maximum Gasteiger partial charge on any atom is 0.409 e. The van der Waals surface area contributed by atoms with Crippen molar-refractivity contribution >= 4 is 23.4 Å². The molecule has 2 heterocycles. The summed E-state index contributed by atoms with van der Waals surface area (Å²) in [5.74, 6) is 0.771. The topological polar surface area (TPSA) is 78.8 Å². The van der Waals surface area contributed by atoms with E-state index in [1.807, 2.05) is 20.0 Å². The summed E-state index contributed by atoms with van der Waals surface area (Å²) in [6, 6.07) is 0.310. The number of aromatic nitrogens is 1. The summed E-state index contributed by atoms with van der Waals surface area (Å²) in [5, 5.41) is 7.74. The molecule has 0 unspecified atom stereocenters. The molecule has 0 saturated carbocycles. The first-order chi connectivity index (χ1) is 11.1. The van der Waals surface area contributed by atoms with Gasteiger partial charge in [-0.05, 0) is 26.7 Å². The van der Waals surface area contributed by atoms with Crippen molar-refractivity contribution in [2.75, 3.05) is 26.7 Å². The SMILES string of the molecule is CCOC(=O)N1CCC(NC(=NC)NCc2ncc(C)s2)CC1. The van der Waals surface area contributed by atoms with Crippen molar-refractivity contribution in [3.05, 3.63) is 16.1 Å². The van der Waals surface area contributed by atoms with Crippen LogP contribution in [0.15, 0.2) is 11.2 Å². The van der Waals surface area contributed by atoms with Crippen LogP contribution in [0, 0.1) is 6.92 Å². The Balaban J connectivity index is 1.74. The zero-order chi connectivity index (χ0) is 16.7. The van der Waals surface area contributed by atoms with Crippen LogP contribution >= 0.6 is 11.3 Å². The van der Waals surface area contributed by atoms with E-state index in [2.05, 4.69) is 20.6 Å². The molecule has 23 heavy (non-hydrogen) atoms. The molecule has 1 fully saturated rings. The van der Waals surface area contributed by atoms with E-state index in [0.29, 0.717) is 32.3 Å². The largest absolute Gasteiger partial charge is 0.450 e. The summed E-state index contributed by atoms with van der Waals surface area (Å²) < 4.78 is 5.03. The third-order valence-corrected chi connectivity index (χ3v) is 4.57. The maximum absolute atomic E-state index is 11.7. The number of nitrogens with zero attached hydrogens (tertiary/aromatic N) is 3. The summed E-state index contributed by atoms with van der Waals surface area (Å²) in [7, 11) is 1.76. The Hall–Kier alpha value is -1.83. The molecule has 0 aromatic carbocycles. The number of carbonyl (C=O) groups excluding carboxylic acids is 1. The van der Waals surface area contributed by atoms with Gasteiger partial charge in [-0.25, -0.2) is 9.78 Å². The molecular formula is C15H25N5O2S. The van der Waals surface area contributed by atoms with Crippen LogP contribution < -0.4 is 10.6 Å². The van der Waals surface area contributed by atoms with Crippen LogP contribution in [-0.4, -0.2) is 54.7 Å². The molecule has 2 N–H and O–H groups in total. The molecule has 1 aliphatic heterocycles. The second kappa shape index (κ2) is 8.71. The number of amides is 1. The summed E-state index contributed by atoms with van der Waals surface area (Å²) in [4.78, 5) is 23.2. The molecule has 0 atom stereocenters. The average molecular weight is 339 g/mol. The molecule has 0 bridgehead atoms. The number of likely N-dealkylation sites (tertiary alicyclic amines) is 1. The number of thiazole rings is 1. The number of aryl methyl sites for hydroxylation is 1. The van der Waals surface area contributed by atoms with E-state index >= 15 is 0 Å². The summed E-state index contributed by atoms with van der Waals surface area (Å²) in [6.45, 7) is 6.37. The predicted octanol–water partition coefficient (Wildman–Crippen LogP) is 1.74. The zero-order valence-corrected chi connectivity index (χ0v) is 14.8. The number of hydrogen-bond donors (Lipinski definition) is 2. The third-order valence-electron chi connectivity index (χ3n) is 3.66. The van der Waals surface area contributed by atoms with E-state index in [1.165, 1.54) is 4.88 Å². The molecule has 8 heteroatoms. The average Bonchev–Trinajstić information content (AvgIpc) is 2.97. The van der Waals surface area contributed by atoms with Gasteiger partial charge in [0.15, 0.2) is 5.96 Å². The van der Waals surface area contributed by atoms with Gasteiger partial charge in [-0.1, -0.05) is 0 Å². The number of guanidine groups is 1. The van der Waals surface area contributed by atoms with E-state index in [-0.39, 0.29) is 6.09 Å². The zero-order valence-electron chi connectivity index (χ0n) is 14.0. The van der Waals surface area contributed by atoms with Gasteiger partial charge >= 0.3 is 6.09 Å². The number of rotatable bonds is 4. The third kappa shape index (κ3) is 5.38. The molecule has 1 aliphatic rings. The highest BCUT2D eigenvalue weighted by atomic mass is 32.1. The van der Waals surface area contributed by atoms with Crippen LogP contribution in [0.3, 0.4) is 0 Å². The number of aliphatic imine (C=N–C) groups is 1. The van der Waals surface area contributed by atoms with Crippen LogP contribution in [0.5, 0.6) is 0 Å². The Morgan fingerprint density at radius 3 is 2.83 bits per heavy atom. The second-order valence-corrected chi connectivity index (χ2v) is 6.71. The summed E-state index contributed by atoms with van der Waals surface area (Å²) >= 11 is 1.68. The highest BCUT2D eigenvalue weighted by Gasteiger charge is 2.24. The minimum Gasteiger partial charge on any atom is -0.450 e. The number of ether oxygens (including phenoxy) is 1. The molecule has 0 radical (unpaired) electrons. The van der Waals surface area contributed by atoms with Gasteiger partial charge in [-0.2, -0.15) is 0 Å². The Labute approximate surface area is 141 Å². The van der Waals surface area contributed by atoms with E-state index < -0.39 is 0 Å². The minimum absolute atomic E-state index is 0.215. The Morgan fingerprint density at radius 2 is 2.26 bits per heavy atom. The number of nitrogens with one attached hydrogen (secondary N) is 2. The standard InChI is InChI=1S/C15H25N5O2S/c1-4-22-15(21)20-7-5-12(6-8-20)19-14(16-3)18-10-13-17-9-11(2)23-13/h9,12H,4-8,10H2,1-3H3,(H2,16,18,19). The smallest absolute Gasteiger partial charge is 0.409 e. The fraction of sp³-hybridized carbons (Fsp3) is 0.667. The van der Waals surface area contributed by atoms with Crippen molar-refractivity contribution in [2.24, 2.45) is 4.99 Å². The van der Waals surface area contributed by atoms with E-state index in [0.717, 1.165) is 23.8 Å². The predicted molar refractivity (Wildman–Crippen MR) is 91.8 cm³/mol. The Bertz CT molecular complexity index is 538. The van der Waals surface area contributed by atoms with Crippen molar-refractivity contribution in [1.82, 2.24) is 20.5 Å². The van der Waals surface area contributed by atoms with E-state index in [9.17, 15) is 4.79 Å². The summed E-state index contributed by atoms with van der Waals surface area (Å²) in [5.41, 5.74) is 0. The van der Waals surface area contributed by atoms with Gasteiger partial charge in [0, 0.05) is 37.3 Å². The van der Waals surface area contributed by atoms with Gasteiger partial charge in [0.05, 0.1) is 13.2 Å². The lowest BCUT2D eigenvalue weighted by Gasteiger charge is -2.32. The number of carbonyl (C=O) groups is 1. The molecule has 7 nitrogen and oxygen atoms in total. The second-order valence-electron chi connectivity index (χ2n) is 5.39. The Morgan fingerprint density at radius 1 is 1.52 bits per heavy atom. The summed E-state index contributed by atoms with van der Waals surface area (Å²) in [6.07, 6.45) is 3.43. The van der Waals surface area contributed by atoms with Crippen molar-refractivity contribution in [3.8, 4) is 0 Å². The molecule has 1 amide bonds. The quantitative estimate of drug-likeness (QED) is 0.645. The van der Waals surface area contributed by atoms with E-state index in [1.54, 1.807) is 23.3 Å². The van der Waals surface area contributed by atoms with Crippen LogP contribution in [0.25, 0.3) is 0 Å². The monoisotopic (exact) mass is 339 g/mol. The maximum atomic E-state index is 11.7. The lowest BCUT2D eigenvalue weighted by atomic mass is 10.1. The van der Waals surface area contributed by atoms with E-state index in [4.69, 9.17) is 4.74 Å². The first kappa shape index (κ1) is 17.5. The molecular weight excluding hydrogens is 314 g/mol. The number of piperidine rings is 1. The highest BCUT2D eigenvalue weighted by molar-refractivity contribution is 7.11. The molecule has 1 aromatic heterocycles. The number of hydrogen-bond acceptors (Lipinski definition) is 5. The normalized spacial score (nSPS) is 16.3. The van der Waals surface area contributed by atoms with Gasteiger partial charge in [0.25, 0.3) is 0 Å². The van der Waals surface area contributed by atoms with Gasteiger partial charge in [0.2, 0.25) is 0 Å². The molecule has 0 aliphatic carbocycles. The van der Waals surface area contributed by atoms with Gasteiger partial charge < -0.3 is 20.3 Å². The van der Waals surface area contributed by atoms with Crippen LogP contribution in [0.2, 0.25) is 0 Å². The first-order valence-electron chi connectivity index (χ1n) is 7.92. The van der Waals surface area contributed by atoms with Gasteiger partial charge in [-0.15, -0.1) is 11.3 Å². The molecule has 0 spiro atoms. The lowest BCUT2D eigenvalue weighted by Crippen LogP contribution is -2.49. The first-order valence-corrected chi connectivity index (χ1v) is 8.74. The van der Waals surface area contributed by atoms with Crippen molar-refractivity contribution < 1.29 is 9.53 Å². The molecule has 128 valence electrons. The van der Waals surface area contributed by atoms with Gasteiger partial charge in [0.1, 0.15) is 5.01 Å². The van der Waals surface area contributed by atoms with Crippen molar-refractivity contribution in [2.45, 2.75) is 39.3 Å². The molecule has 2 rings (SSSR count).